The highest BCUT2D eigenvalue weighted by Crippen LogP contribution is 2.24. The molecule has 1 aromatic heterocycles. The van der Waals surface area contributed by atoms with Crippen LogP contribution in [-0.4, -0.2) is 13.4 Å². The van der Waals surface area contributed by atoms with Gasteiger partial charge in [0.2, 0.25) is 10.0 Å². The molecule has 0 saturated carbocycles. The van der Waals surface area contributed by atoms with Gasteiger partial charge in [0.1, 0.15) is 4.90 Å². The Hall–Kier alpha value is -2.24. The van der Waals surface area contributed by atoms with E-state index in [2.05, 4.69) is 9.71 Å². The van der Waals surface area contributed by atoms with Crippen LogP contribution in [-0.2, 0) is 10.0 Å². The molecule has 0 bridgehead atoms. The quantitative estimate of drug-likeness (QED) is 0.764. The third kappa shape index (κ3) is 3.32. The molecule has 1 atom stereocenters. The van der Waals surface area contributed by atoms with E-state index >= 15 is 0 Å². The average Bonchev–Trinajstić information content (AvgIpc) is 2.60. The largest absolute Gasteiger partial charge is 0.255 e. The second-order valence-electron chi connectivity index (χ2n) is 5.82. The molecule has 0 radical (unpaired) electrons. The molecule has 124 valence electrons. The molecule has 1 heterocycles. The molecule has 0 aliphatic carbocycles. The predicted molar refractivity (Wildman–Crippen MR) is 96.3 cm³/mol. The topological polar surface area (TPSA) is 59.1 Å². The van der Waals surface area contributed by atoms with Gasteiger partial charge in [-0.05, 0) is 31.0 Å². The number of aryl methyl sites for hydroxylation is 1. The highest BCUT2D eigenvalue weighted by Gasteiger charge is 2.22. The van der Waals surface area contributed by atoms with E-state index in [9.17, 15) is 8.42 Å². The summed E-state index contributed by atoms with van der Waals surface area (Å²) in [6.07, 6.45) is 2.28. The number of aromatic nitrogens is 1. The lowest BCUT2D eigenvalue weighted by Gasteiger charge is -2.18. The van der Waals surface area contributed by atoms with Gasteiger partial charge >= 0.3 is 0 Å². The minimum atomic E-state index is -3.67. The molecule has 1 N–H and O–H groups in total. The number of sulfonamides is 1. The van der Waals surface area contributed by atoms with E-state index in [-0.39, 0.29) is 10.9 Å². The molecular weight excluding hydrogens is 320 g/mol. The first-order valence-electron chi connectivity index (χ1n) is 7.94. The number of hydrogen-bond acceptors (Lipinski definition) is 3. The van der Waals surface area contributed by atoms with Crippen LogP contribution in [0, 0.1) is 6.92 Å². The Morgan fingerprint density at radius 1 is 1.04 bits per heavy atom. The van der Waals surface area contributed by atoms with Gasteiger partial charge in [0, 0.05) is 17.6 Å². The van der Waals surface area contributed by atoms with Crippen LogP contribution in [0.5, 0.6) is 0 Å². The molecule has 5 heteroatoms. The maximum Gasteiger partial charge on any atom is 0.243 e. The van der Waals surface area contributed by atoms with Crippen LogP contribution in [0.1, 0.15) is 30.5 Å². The Morgan fingerprint density at radius 3 is 2.46 bits per heavy atom. The molecule has 0 saturated heterocycles. The van der Waals surface area contributed by atoms with Crippen molar-refractivity contribution in [1.29, 1.82) is 0 Å². The summed E-state index contributed by atoms with van der Waals surface area (Å²) in [5, 5.41) is 0.809. The van der Waals surface area contributed by atoms with Crippen molar-refractivity contribution in [2.24, 2.45) is 0 Å². The van der Waals surface area contributed by atoms with Crippen molar-refractivity contribution >= 4 is 20.9 Å². The molecule has 0 aliphatic rings. The number of fused-ring (bicyclic) bond motifs is 1. The minimum absolute atomic E-state index is 0.214. The van der Waals surface area contributed by atoms with Crippen molar-refractivity contribution in [1.82, 2.24) is 9.71 Å². The Morgan fingerprint density at radius 2 is 1.75 bits per heavy atom. The fourth-order valence-corrected chi connectivity index (χ4v) is 4.22. The standard InChI is InChI=1S/C19H20N2O2S/c1-3-17(15-11-9-14(2)10-12-15)21-24(22,23)18-8-4-6-16-7-5-13-20-19(16)18/h4-13,17,21H,3H2,1-2H3/t17-/m0/s1. The van der Waals surface area contributed by atoms with Crippen molar-refractivity contribution < 1.29 is 8.42 Å². The number of hydrogen-bond donors (Lipinski definition) is 1. The molecule has 3 rings (SSSR count). The average molecular weight is 340 g/mol. The zero-order valence-corrected chi connectivity index (χ0v) is 14.5. The first-order chi connectivity index (χ1) is 11.5. The van der Waals surface area contributed by atoms with Crippen molar-refractivity contribution in [3.8, 4) is 0 Å². The van der Waals surface area contributed by atoms with Crippen LogP contribution in [0.3, 0.4) is 0 Å². The third-order valence-corrected chi connectivity index (χ3v) is 5.57. The molecule has 0 aliphatic heterocycles. The van der Waals surface area contributed by atoms with Crippen molar-refractivity contribution in [3.05, 3.63) is 71.9 Å². The summed E-state index contributed by atoms with van der Waals surface area (Å²) in [6.45, 7) is 3.98. The van der Waals surface area contributed by atoms with E-state index in [4.69, 9.17) is 0 Å². The monoisotopic (exact) mass is 340 g/mol. The van der Waals surface area contributed by atoms with E-state index < -0.39 is 10.0 Å². The second kappa shape index (κ2) is 6.71. The van der Waals surface area contributed by atoms with Gasteiger partial charge in [-0.1, -0.05) is 55.0 Å². The Labute approximate surface area is 142 Å². The number of benzene rings is 2. The van der Waals surface area contributed by atoms with E-state index in [1.807, 2.05) is 50.2 Å². The fourth-order valence-electron chi connectivity index (χ4n) is 2.73. The summed E-state index contributed by atoms with van der Waals surface area (Å²) < 4.78 is 28.6. The van der Waals surface area contributed by atoms with Crippen molar-refractivity contribution in [2.45, 2.75) is 31.2 Å². The summed E-state index contributed by atoms with van der Waals surface area (Å²) in [5.74, 6) is 0. The van der Waals surface area contributed by atoms with Crippen molar-refractivity contribution in [3.63, 3.8) is 0 Å². The van der Waals surface area contributed by atoms with E-state index in [0.29, 0.717) is 11.9 Å². The van der Waals surface area contributed by atoms with Gasteiger partial charge in [-0.2, -0.15) is 0 Å². The Bertz CT molecular complexity index is 945. The molecule has 4 nitrogen and oxygen atoms in total. The van der Waals surface area contributed by atoms with E-state index in [0.717, 1.165) is 16.5 Å². The SMILES string of the molecule is CC[C@H](NS(=O)(=O)c1cccc2cccnc12)c1ccc(C)cc1. The lowest BCUT2D eigenvalue weighted by molar-refractivity contribution is 0.550. The molecule has 0 spiro atoms. The summed E-state index contributed by atoms with van der Waals surface area (Å²) in [5.41, 5.74) is 2.60. The maximum absolute atomic E-state index is 12.9. The third-order valence-electron chi connectivity index (χ3n) is 4.07. The van der Waals surface area contributed by atoms with Crippen LogP contribution >= 0.6 is 0 Å². The van der Waals surface area contributed by atoms with Crippen LogP contribution < -0.4 is 4.72 Å². The van der Waals surface area contributed by atoms with Crippen LogP contribution in [0.25, 0.3) is 10.9 Å². The smallest absolute Gasteiger partial charge is 0.243 e. The normalized spacial score (nSPS) is 13.1. The van der Waals surface area contributed by atoms with Gasteiger partial charge in [-0.25, -0.2) is 13.1 Å². The van der Waals surface area contributed by atoms with Crippen LogP contribution in [0.4, 0.5) is 0 Å². The van der Waals surface area contributed by atoms with Crippen LogP contribution in [0.15, 0.2) is 65.7 Å². The van der Waals surface area contributed by atoms with Gasteiger partial charge in [0.05, 0.1) is 5.52 Å². The van der Waals surface area contributed by atoms with Crippen molar-refractivity contribution in [2.75, 3.05) is 0 Å². The van der Waals surface area contributed by atoms with Crippen LogP contribution in [0.2, 0.25) is 0 Å². The van der Waals surface area contributed by atoms with Gasteiger partial charge in [-0.3, -0.25) is 4.98 Å². The molecule has 2 aromatic carbocycles. The zero-order chi connectivity index (χ0) is 17.2. The lowest BCUT2D eigenvalue weighted by atomic mass is 10.0. The van der Waals surface area contributed by atoms with E-state index in [1.165, 1.54) is 0 Å². The predicted octanol–water partition coefficient (Wildman–Crippen LogP) is 3.97. The van der Waals surface area contributed by atoms with Gasteiger partial charge in [0.25, 0.3) is 0 Å². The molecule has 0 unspecified atom stereocenters. The van der Waals surface area contributed by atoms with Gasteiger partial charge < -0.3 is 0 Å². The summed E-state index contributed by atoms with van der Waals surface area (Å²) >= 11 is 0. The second-order valence-corrected chi connectivity index (χ2v) is 7.51. The number of nitrogens with zero attached hydrogens (tertiary/aromatic N) is 1. The molecule has 3 aromatic rings. The molecule has 0 fully saturated rings. The zero-order valence-electron chi connectivity index (χ0n) is 13.7. The molecular formula is C19H20N2O2S. The molecule has 0 amide bonds. The maximum atomic E-state index is 12.9. The van der Waals surface area contributed by atoms with Gasteiger partial charge in [0.15, 0.2) is 0 Å². The van der Waals surface area contributed by atoms with E-state index in [1.54, 1.807) is 24.4 Å². The van der Waals surface area contributed by atoms with Gasteiger partial charge in [-0.15, -0.1) is 0 Å². The summed E-state index contributed by atoms with van der Waals surface area (Å²) in [4.78, 5) is 4.46. The Balaban J connectivity index is 1.99. The number of rotatable bonds is 5. The number of nitrogens with one attached hydrogen (secondary N) is 1. The highest BCUT2D eigenvalue weighted by atomic mass is 32.2. The first-order valence-corrected chi connectivity index (χ1v) is 9.42. The Kier molecular flexibility index (Phi) is 4.64. The number of pyridine rings is 1. The first kappa shape index (κ1) is 16.6. The summed E-state index contributed by atoms with van der Waals surface area (Å²) in [6, 6.07) is 16.5. The minimum Gasteiger partial charge on any atom is -0.255 e. The highest BCUT2D eigenvalue weighted by molar-refractivity contribution is 7.89. The fraction of sp³-hybridized carbons (Fsp3) is 0.211. The summed E-state index contributed by atoms with van der Waals surface area (Å²) in [7, 11) is -3.67. The lowest BCUT2D eigenvalue weighted by Crippen LogP contribution is -2.28. The number of para-hydroxylation sites is 1. The molecule has 24 heavy (non-hydrogen) atoms.